The average molecular weight is 395 g/mol. The molecule has 3 rings (SSSR count). The molecule has 0 atom stereocenters. The largest absolute Gasteiger partial charge is 0.489 e. The molecule has 0 aliphatic rings. The standard InChI is InChI=1S/C24H29NO4/c1-4-5-6-10-15-28-22-20-14-13-19(29-17-18-11-8-7-9-12-18)16-21(20)25(2)24(26)23(22)27-3/h7-9,11-14,16H,4-6,10,15,17H2,1-3H3. The molecule has 154 valence electrons. The first-order valence-corrected chi connectivity index (χ1v) is 10.2. The van der Waals surface area contributed by atoms with Crippen LogP contribution in [0.2, 0.25) is 0 Å². The summed E-state index contributed by atoms with van der Waals surface area (Å²) in [7, 11) is 3.24. The summed E-state index contributed by atoms with van der Waals surface area (Å²) in [5.74, 6) is 1.46. The van der Waals surface area contributed by atoms with Gasteiger partial charge in [0.1, 0.15) is 12.4 Å². The van der Waals surface area contributed by atoms with Crippen LogP contribution in [0.15, 0.2) is 53.3 Å². The van der Waals surface area contributed by atoms with Gasteiger partial charge < -0.3 is 18.8 Å². The van der Waals surface area contributed by atoms with Gasteiger partial charge in [-0.25, -0.2) is 0 Å². The van der Waals surface area contributed by atoms with E-state index < -0.39 is 0 Å². The van der Waals surface area contributed by atoms with Crippen molar-refractivity contribution in [2.24, 2.45) is 7.05 Å². The van der Waals surface area contributed by atoms with Crippen LogP contribution in [0, 0.1) is 0 Å². The van der Waals surface area contributed by atoms with Gasteiger partial charge in [0.2, 0.25) is 5.75 Å². The fourth-order valence-electron chi connectivity index (χ4n) is 3.32. The summed E-state index contributed by atoms with van der Waals surface area (Å²) in [6, 6.07) is 15.7. The van der Waals surface area contributed by atoms with Gasteiger partial charge in [-0.15, -0.1) is 0 Å². The van der Waals surface area contributed by atoms with Gasteiger partial charge in [0, 0.05) is 18.5 Å². The van der Waals surface area contributed by atoms with E-state index >= 15 is 0 Å². The third-order valence-corrected chi connectivity index (χ3v) is 4.98. The highest BCUT2D eigenvalue weighted by Gasteiger charge is 2.18. The van der Waals surface area contributed by atoms with Gasteiger partial charge in [0.25, 0.3) is 5.56 Å². The topological polar surface area (TPSA) is 49.7 Å². The molecule has 29 heavy (non-hydrogen) atoms. The highest BCUT2D eigenvalue weighted by molar-refractivity contribution is 5.89. The van der Waals surface area contributed by atoms with Gasteiger partial charge in [-0.05, 0) is 24.1 Å². The number of ether oxygens (including phenoxy) is 3. The summed E-state index contributed by atoms with van der Waals surface area (Å²) in [5, 5.41) is 0.839. The zero-order valence-corrected chi connectivity index (χ0v) is 17.4. The number of methoxy groups -OCH3 is 1. The minimum Gasteiger partial charge on any atom is -0.489 e. The second-order valence-electron chi connectivity index (χ2n) is 7.09. The van der Waals surface area contributed by atoms with Crippen molar-refractivity contribution in [1.29, 1.82) is 0 Å². The number of aromatic nitrogens is 1. The van der Waals surface area contributed by atoms with Crippen molar-refractivity contribution in [2.75, 3.05) is 13.7 Å². The molecule has 5 nitrogen and oxygen atoms in total. The molecule has 0 bridgehead atoms. The van der Waals surface area contributed by atoms with Crippen LogP contribution in [-0.2, 0) is 13.7 Å². The molecule has 2 aromatic carbocycles. The number of hydrogen-bond acceptors (Lipinski definition) is 4. The Kier molecular flexibility index (Phi) is 7.17. The van der Waals surface area contributed by atoms with Crippen LogP contribution in [0.3, 0.4) is 0 Å². The lowest BCUT2D eigenvalue weighted by atomic mass is 10.1. The maximum atomic E-state index is 12.8. The number of aryl methyl sites for hydroxylation is 1. The smallest absolute Gasteiger partial charge is 0.297 e. The van der Waals surface area contributed by atoms with Crippen molar-refractivity contribution in [3.8, 4) is 17.2 Å². The Labute approximate surface area is 171 Å². The zero-order valence-electron chi connectivity index (χ0n) is 17.4. The van der Waals surface area contributed by atoms with Crippen LogP contribution < -0.4 is 19.8 Å². The third kappa shape index (κ3) is 4.91. The summed E-state index contributed by atoms with van der Waals surface area (Å²) in [5.41, 5.74) is 1.63. The Balaban J connectivity index is 1.88. The van der Waals surface area contributed by atoms with Gasteiger partial charge in [-0.2, -0.15) is 0 Å². The minimum absolute atomic E-state index is 0.219. The Morgan fingerprint density at radius 2 is 1.72 bits per heavy atom. The molecule has 1 aromatic heterocycles. The highest BCUT2D eigenvalue weighted by Crippen LogP contribution is 2.34. The number of fused-ring (bicyclic) bond motifs is 1. The second-order valence-corrected chi connectivity index (χ2v) is 7.09. The van der Waals surface area contributed by atoms with Gasteiger partial charge in [-0.3, -0.25) is 4.79 Å². The Bertz CT molecular complexity index is 995. The highest BCUT2D eigenvalue weighted by atomic mass is 16.5. The summed E-state index contributed by atoms with van der Waals surface area (Å²) in [4.78, 5) is 12.8. The molecule has 0 amide bonds. The second kappa shape index (κ2) is 10.0. The predicted octanol–water partition coefficient (Wildman–Crippen LogP) is 5.09. The number of rotatable bonds is 10. The van der Waals surface area contributed by atoms with Gasteiger partial charge in [0.15, 0.2) is 5.75 Å². The Hall–Kier alpha value is -2.95. The number of hydrogen-bond donors (Lipinski definition) is 0. The van der Waals surface area contributed by atoms with Crippen molar-refractivity contribution < 1.29 is 14.2 Å². The molecule has 3 aromatic rings. The minimum atomic E-state index is -0.219. The van der Waals surface area contributed by atoms with Gasteiger partial charge in [0.05, 0.1) is 19.2 Å². The molecule has 0 saturated heterocycles. The fourth-order valence-corrected chi connectivity index (χ4v) is 3.32. The molecule has 0 saturated carbocycles. The van der Waals surface area contributed by atoms with E-state index in [1.165, 1.54) is 20.0 Å². The van der Waals surface area contributed by atoms with Crippen molar-refractivity contribution in [3.63, 3.8) is 0 Å². The Morgan fingerprint density at radius 1 is 0.931 bits per heavy atom. The molecule has 0 radical (unpaired) electrons. The number of unbranched alkanes of at least 4 members (excludes halogenated alkanes) is 3. The van der Waals surface area contributed by atoms with Gasteiger partial charge >= 0.3 is 0 Å². The fraction of sp³-hybridized carbons (Fsp3) is 0.375. The summed E-state index contributed by atoms with van der Waals surface area (Å²) >= 11 is 0. The van der Waals surface area contributed by atoms with E-state index in [0.717, 1.165) is 29.3 Å². The maximum absolute atomic E-state index is 12.8. The molecule has 5 heteroatoms. The number of pyridine rings is 1. The molecular formula is C24H29NO4. The first-order valence-electron chi connectivity index (χ1n) is 10.2. The molecule has 0 aliphatic carbocycles. The lowest BCUT2D eigenvalue weighted by Crippen LogP contribution is -2.20. The molecule has 0 N–H and O–H groups in total. The lowest BCUT2D eigenvalue weighted by Gasteiger charge is -2.16. The Morgan fingerprint density at radius 3 is 2.45 bits per heavy atom. The van der Waals surface area contributed by atoms with Crippen molar-refractivity contribution in [2.45, 2.75) is 39.2 Å². The van der Waals surface area contributed by atoms with E-state index in [2.05, 4.69) is 6.92 Å². The van der Waals surface area contributed by atoms with Crippen LogP contribution >= 0.6 is 0 Å². The van der Waals surface area contributed by atoms with E-state index in [9.17, 15) is 4.79 Å². The summed E-state index contributed by atoms with van der Waals surface area (Å²) < 4.78 is 18.9. The van der Waals surface area contributed by atoms with E-state index in [0.29, 0.717) is 24.7 Å². The first kappa shape index (κ1) is 20.8. The van der Waals surface area contributed by atoms with Gasteiger partial charge in [-0.1, -0.05) is 56.5 Å². The van der Waals surface area contributed by atoms with Crippen LogP contribution in [0.1, 0.15) is 38.2 Å². The first-order chi connectivity index (χ1) is 14.2. The van der Waals surface area contributed by atoms with Crippen LogP contribution in [0.4, 0.5) is 0 Å². The third-order valence-electron chi connectivity index (χ3n) is 4.98. The average Bonchev–Trinajstić information content (AvgIpc) is 2.76. The number of nitrogens with zero attached hydrogens (tertiary/aromatic N) is 1. The summed E-state index contributed by atoms with van der Waals surface area (Å²) in [6.07, 6.45) is 4.41. The van der Waals surface area contributed by atoms with Crippen molar-refractivity contribution >= 4 is 10.9 Å². The molecule has 0 fully saturated rings. The van der Waals surface area contributed by atoms with E-state index in [1.807, 2.05) is 48.5 Å². The van der Waals surface area contributed by atoms with E-state index in [4.69, 9.17) is 14.2 Å². The quantitative estimate of drug-likeness (QED) is 0.449. The lowest BCUT2D eigenvalue weighted by molar-refractivity contribution is 0.286. The van der Waals surface area contributed by atoms with E-state index in [-0.39, 0.29) is 11.3 Å². The van der Waals surface area contributed by atoms with Crippen molar-refractivity contribution in [1.82, 2.24) is 4.57 Å². The predicted molar refractivity (Wildman–Crippen MR) is 116 cm³/mol. The SMILES string of the molecule is CCCCCCOc1c(OC)c(=O)n(C)c2cc(OCc3ccccc3)ccc12. The molecule has 0 aliphatic heterocycles. The number of benzene rings is 2. The monoisotopic (exact) mass is 395 g/mol. The zero-order chi connectivity index (χ0) is 20.6. The van der Waals surface area contributed by atoms with E-state index in [1.54, 1.807) is 11.6 Å². The van der Waals surface area contributed by atoms with Crippen LogP contribution in [-0.4, -0.2) is 18.3 Å². The van der Waals surface area contributed by atoms with Crippen molar-refractivity contribution in [3.05, 3.63) is 64.4 Å². The molecule has 1 heterocycles. The molecule has 0 spiro atoms. The van der Waals surface area contributed by atoms with Crippen LogP contribution in [0.5, 0.6) is 17.2 Å². The normalized spacial score (nSPS) is 10.9. The van der Waals surface area contributed by atoms with Crippen LogP contribution in [0.25, 0.3) is 10.9 Å². The molecular weight excluding hydrogens is 366 g/mol. The summed E-state index contributed by atoms with van der Waals surface area (Å²) in [6.45, 7) is 3.21. The molecule has 0 unspecified atom stereocenters. The maximum Gasteiger partial charge on any atom is 0.297 e.